The van der Waals surface area contributed by atoms with E-state index in [9.17, 15) is 5.11 Å². The van der Waals surface area contributed by atoms with Crippen molar-refractivity contribution in [3.05, 3.63) is 47.8 Å². The van der Waals surface area contributed by atoms with Crippen molar-refractivity contribution in [1.29, 1.82) is 0 Å². The van der Waals surface area contributed by atoms with Crippen molar-refractivity contribution >= 4 is 0 Å². The van der Waals surface area contributed by atoms with Crippen molar-refractivity contribution in [2.24, 2.45) is 5.41 Å². The highest BCUT2D eigenvalue weighted by Crippen LogP contribution is 2.37. The highest BCUT2D eigenvalue weighted by atomic mass is 16.5. The third kappa shape index (κ3) is 2.52. The lowest BCUT2D eigenvalue weighted by atomic mass is 9.76. The zero-order valence-electron chi connectivity index (χ0n) is 10.7. The Morgan fingerprint density at radius 1 is 1.29 bits per heavy atom. The fraction of sp³-hybridized carbons (Fsp3) is 0.467. The van der Waals surface area contributed by atoms with Gasteiger partial charge in [-0.05, 0) is 30.6 Å². The molecule has 1 heterocycles. The maximum absolute atomic E-state index is 9.45. The second-order valence-corrected chi connectivity index (χ2v) is 5.32. The standard InChI is InChI=1S/C15H20O2/c1-11-4-9-14(17-10-11)15(2,3)12-5-7-13(16)8-6-12/h4-7,9-10,13-14,16H,8H2,1-3H3. The van der Waals surface area contributed by atoms with Crippen LogP contribution >= 0.6 is 0 Å². The molecular formula is C15H20O2. The molecule has 0 bridgehead atoms. The number of aliphatic hydroxyl groups excluding tert-OH is 1. The predicted molar refractivity (Wildman–Crippen MR) is 69.4 cm³/mol. The fourth-order valence-corrected chi connectivity index (χ4v) is 2.17. The van der Waals surface area contributed by atoms with Crippen LogP contribution in [0.5, 0.6) is 0 Å². The smallest absolute Gasteiger partial charge is 0.125 e. The minimum Gasteiger partial charge on any atom is -0.493 e. The van der Waals surface area contributed by atoms with Gasteiger partial charge in [0.15, 0.2) is 0 Å². The number of ether oxygens (including phenoxy) is 1. The zero-order valence-corrected chi connectivity index (χ0v) is 10.7. The molecule has 17 heavy (non-hydrogen) atoms. The Labute approximate surface area is 103 Å². The summed E-state index contributed by atoms with van der Waals surface area (Å²) in [5.74, 6) is 0. The van der Waals surface area contributed by atoms with Crippen molar-refractivity contribution in [3.63, 3.8) is 0 Å². The lowest BCUT2D eigenvalue weighted by Crippen LogP contribution is -2.32. The van der Waals surface area contributed by atoms with E-state index in [-0.39, 0.29) is 17.6 Å². The minimum atomic E-state index is -0.334. The maximum Gasteiger partial charge on any atom is 0.125 e. The van der Waals surface area contributed by atoms with E-state index in [0.29, 0.717) is 6.42 Å². The van der Waals surface area contributed by atoms with E-state index in [2.05, 4.69) is 32.1 Å². The zero-order chi connectivity index (χ0) is 12.5. The molecule has 1 N–H and O–H groups in total. The summed E-state index contributed by atoms with van der Waals surface area (Å²) in [7, 11) is 0. The summed E-state index contributed by atoms with van der Waals surface area (Å²) in [6, 6.07) is 0. The Kier molecular flexibility index (Phi) is 3.25. The predicted octanol–water partition coefficient (Wildman–Crippen LogP) is 3.12. The average molecular weight is 232 g/mol. The first-order chi connectivity index (χ1) is 8.00. The molecule has 2 aliphatic rings. The van der Waals surface area contributed by atoms with E-state index in [1.807, 2.05) is 25.3 Å². The lowest BCUT2D eigenvalue weighted by Gasteiger charge is -2.35. The molecule has 1 aliphatic carbocycles. The fourth-order valence-electron chi connectivity index (χ4n) is 2.17. The molecule has 0 saturated heterocycles. The SMILES string of the molecule is CC1=COC(C(C)(C)C2=CCC(O)C=C2)C=C1. The van der Waals surface area contributed by atoms with Gasteiger partial charge < -0.3 is 9.84 Å². The number of aliphatic hydroxyl groups is 1. The molecule has 0 radical (unpaired) electrons. The molecular weight excluding hydrogens is 212 g/mol. The molecule has 0 aromatic heterocycles. The van der Waals surface area contributed by atoms with Crippen LogP contribution in [-0.4, -0.2) is 17.3 Å². The van der Waals surface area contributed by atoms with Gasteiger partial charge in [0.2, 0.25) is 0 Å². The van der Waals surface area contributed by atoms with Crippen LogP contribution in [0, 0.1) is 5.41 Å². The molecule has 0 amide bonds. The van der Waals surface area contributed by atoms with Crippen LogP contribution in [0.3, 0.4) is 0 Å². The minimum absolute atomic E-state index is 0.0531. The lowest BCUT2D eigenvalue weighted by molar-refractivity contribution is 0.0924. The van der Waals surface area contributed by atoms with E-state index < -0.39 is 0 Å². The quantitative estimate of drug-likeness (QED) is 0.792. The van der Waals surface area contributed by atoms with E-state index in [4.69, 9.17) is 4.74 Å². The maximum atomic E-state index is 9.45. The van der Waals surface area contributed by atoms with Gasteiger partial charge in [0.05, 0.1) is 12.4 Å². The normalized spacial score (nSPS) is 28.5. The van der Waals surface area contributed by atoms with Crippen LogP contribution in [0.15, 0.2) is 47.8 Å². The molecule has 2 heteroatoms. The Balaban J connectivity index is 2.15. The van der Waals surface area contributed by atoms with E-state index in [1.165, 1.54) is 5.57 Å². The average Bonchev–Trinajstić information content (AvgIpc) is 2.30. The van der Waals surface area contributed by atoms with Crippen LogP contribution in [-0.2, 0) is 4.74 Å². The van der Waals surface area contributed by atoms with E-state index >= 15 is 0 Å². The summed E-state index contributed by atoms with van der Waals surface area (Å²) >= 11 is 0. The Bertz CT molecular complexity index is 411. The molecule has 0 fully saturated rings. The molecule has 0 aromatic rings. The summed E-state index contributed by atoms with van der Waals surface area (Å²) in [5.41, 5.74) is 2.29. The van der Waals surface area contributed by atoms with Crippen LogP contribution in [0.4, 0.5) is 0 Å². The highest BCUT2D eigenvalue weighted by Gasteiger charge is 2.33. The van der Waals surface area contributed by atoms with Gasteiger partial charge >= 0.3 is 0 Å². The molecule has 1 aliphatic heterocycles. The van der Waals surface area contributed by atoms with Crippen molar-refractivity contribution in [3.8, 4) is 0 Å². The van der Waals surface area contributed by atoms with Crippen molar-refractivity contribution in [2.75, 3.05) is 0 Å². The van der Waals surface area contributed by atoms with Crippen LogP contribution in [0.1, 0.15) is 27.2 Å². The van der Waals surface area contributed by atoms with Crippen molar-refractivity contribution < 1.29 is 9.84 Å². The van der Waals surface area contributed by atoms with Gasteiger partial charge in [-0.2, -0.15) is 0 Å². The van der Waals surface area contributed by atoms with Crippen LogP contribution < -0.4 is 0 Å². The molecule has 0 aromatic carbocycles. The number of rotatable bonds is 2. The van der Waals surface area contributed by atoms with Gasteiger partial charge in [-0.1, -0.05) is 38.2 Å². The van der Waals surface area contributed by atoms with Crippen LogP contribution in [0.2, 0.25) is 0 Å². The first-order valence-electron chi connectivity index (χ1n) is 6.07. The van der Waals surface area contributed by atoms with Gasteiger partial charge in [0, 0.05) is 5.41 Å². The summed E-state index contributed by atoms with van der Waals surface area (Å²) in [6.07, 6.45) is 12.4. The molecule has 92 valence electrons. The van der Waals surface area contributed by atoms with Crippen molar-refractivity contribution in [1.82, 2.24) is 0 Å². The first-order valence-corrected chi connectivity index (χ1v) is 6.07. The molecule has 2 rings (SSSR count). The van der Waals surface area contributed by atoms with Gasteiger partial charge in [0.1, 0.15) is 6.10 Å². The Morgan fingerprint density at radius 2 is 2.06 bits per heavy atom. The van der Waals surface area contributed by atoms with Gasteiger partial charge in [0.25, 0.3) is 0 Å². The van der Waals surface area contributed by atoms with E-state index in [1.54, 1.807) is 0 Å². The summed E-state index contributed by atoms with van der Waals surface area (Å²) in [6.45, 7) is 6.37. The topological polar surface area (TPSA) is 29.5 Å². The van der Waals surface area contributed by atoms with E-state index in [0.717, 1.165) is 5.57 Å². The summed E-state index contributed by atoms with van der Waals surface area (Å²) in [4.78, 5) is 0. The van der Waals surface area contributed by atoms with Gasteiger partial charge in [-0.25, -0.2) is 0 Å². The van der Waals surface area contributed by atoms with Crippen LogP contribution in [0.25, 0.3) is 0 Å². The third-order valence-electron chi connectivity index (χ3n) is 3.47. The monoisotopic (exact) mass is 232 g/mol. The Morgan fingerprint density at radius 3 is 2.59 bits per heavy atom. The first kappa shape index (κ1) is 12.2. The van der Waals surface area contributed by atoms with Gasteiger partial charge in [-0.3, -0.25) is 0 Å². The van der Waals surface area contributed by atoms with Crippen molar-refractivity contribution in [2.45, 2.75) is 39.4 Å². The summed E-state index contributed by atoms with van der Waals surface area (Å²) in [5, 5.41) is 9.45. The number of hydrogen-bond donors (Lipinski definition) is 1. The summed E-state index contributed by atoms with van der Waals surface area (Å²) < 4.78 is 5.75. The second-order valence-electron chi connectivity index (χ2n) is 5.32. The molecule has 0 saturated carbocycles. The molecule has 2 atom stereocenters. The second kappa shape index (κ2) is 4.53. The number of hydrogen-bond acceptors (Lipinski definition) is 2. The third-order valence-corrected chi connectivity index (χ3v) is 3.47. The molecule has 2 unspecified atom stereocenters. The Hall–Kier alpha value is -1.28. The van der Waals surface area contributed by atoms with Gasteiger partial charge in [-0.15, -0.1) is 0 Å². The number of allylic oxidation sites excluding steroid dienone is 3. The molecule has 0 spiro atoms. The highest BCUT2D eigenvalue weighted by molar-refractivity contribution is 5.34. The largest absolute Gasteiger partial charge is 0.493 e. The molecule has 2 nitrogen and oxygen atoms in total.